The van der Waals surface area contributed by atoms with Gasteiger partial charge in [-0.1, -0.05) is 0 Å². The second-order valence-electron chi connectivity index (χ2n) is 6.12. The van der Waals surface area contributed by atoms with Gasteiger partial charge < -0.3 is 9.84 Å². The van der Waals surface area contributed by atoms with Gasteiger partial charge in [-0.15, -0.1) is 0 Å². The van der Waals surface area contributed by atoms with E-state index in [4.69, 9.17) is 9.84 Å². The van der Waals surface area contributed by atoms with Crippen LogP contribution in [0.4, 0.5) is 0 Å². The molecule has 0 bridgehead atoms. The summed E-state index contributed by atoms with van der Waals surface area (Å²) in [4.78, 5) is 25.4. The lowest BCUT2D eigenvalue weighted by atomic mass is 10.0. The van der Waals surface area contributed by atoms with Crippen LogP contribution in [0, 0.1) is 6.92 Å². The van der Waals surface area contributed by atoms with Crippen LogP contribution in [0.5, 0.6) is 5.75 Å². The van der Waals surface area contributed by atoms with E-state index in [1.165, 1.54) is 0 Å². The van der Waals surface area contributed by atoms with E-state index < -0.39 is 5.97 Å². The molecule has 1 atom stereocenters. The zero-order valence-electron chi connectivity index (χ0n) is 13.9. The molecular formula is C18H25NO4. The maximum absolute atomic E-state index is 12.4. The molecular weight excluding hydrogens is 294 g/mol. The Morgan fingerprint density at radius 1 is 1.35 bits per heavy atom. The van der Waals surface area contributed by atoms with Gasteiger partial charge in [-0.3, -0.25) is 14.5 Å². The van der Waals surface area contributed by atoms with Gasteiger partial charge in [-0.2, -0.15) is 0 Å². The molecule has 0 aromatic heterocycles. The number of carbonyl (C=O) groups excluding carboxylic acids is 1. The first-order valence-corrected chi connectivity index (χ1v) is 8.15. The maximum Gasteiger partial charge on any atom is 0.303 e. The molecule has 0 aliphatic carbocycles. The number of hydrogen-bond acceptors (Lipinski definition) is 4. The number of rotatable bonds is 8. The molecule has 1 aliphatic rings. The first-order chi connectivity index (χ1) is 11.0. The van der Waals surface area contributed by atoms with Gasteiger partial charge in [0.2, 0.25) is 0 Å². The number of ketones is 1. The summed E-state index contributed by atoms with van der Waals surface area (Å²) in [6.45, 7) is 3.58. The third-order valence-corrected chi connectivity index (χ3v) is 4.55. The fourth-order valence-corrected chi connectivity index (χ4v) is 3.26. The molecule has 1 aliphatic heterocycles. The smallest absolute Gasteiger partial charge is 0.303 e. The zero-order valence-corrected chi connectivity index (χ0v) is 13.9. The molecule has 1 aromatic rings. The van der Waals surface area contributed by atoms with E-state index in [0.29, 0.717) is 25.4 Å². The third-order valence-electron chi connectivity index (χ3n) is 4.55. The Labute approximate surface area is 137 Å². The van der Waals surface area contributed by atoms with Crippen molar-refractivity contribution in [1.82, 2.24) is 4.90 Å². The lowest BCUT2D eigenvalue weighted by Gasteiger charge is -2.23. The third kappa shape index (κ3) is 4.79. The number of likely N-dealkylation sites (tertiary alicyclic amines) is 1. The van der Waals surface area contributed by atoms with Crippen LogP contribution in [-0.2, 0) is 4.79 Å². The fraction of sp³-hybridized carbons (Fsp3) is 0.556. The Bertz CT molecular complexity index is 570. The number of aliphatic carboxylic acids is 1. The molecule has 23 heavy (non-hydrogen) atoms. The van der Waals surface area contributed by atoms with Crippen molar-refractivity contribution in [3.63, 3.8) is 0 Å². The van der Waals surface area contributed by atoms with E-state index in [1.54, 1.807) is 7.11 Å². The normalized spacial score (nSPS) is 18.1. The topological polar surface area (TPSA) is 66.8 Å². The van der Waals surface area contributed by atoms with Crippen LogP contribution < -0.4 is 4.74 Å². The zero-order chi connectivity index (χ0) is 16.8. The van der Waals surface area contributed by atoms with Crippen LogP contribution in [0.3, 0.4) is 0 Å². The largest absolute Gasteiger partial charge is 0.497 e. The second-order valence-corrected chi connectivity index (χ2v) is 6.12. The van der Waals surface area contributed by atoms with Crippen LogP contribution in [-0.4, -0.2) is 48.0 Å². The summed E-state index contributed by atoms with van der Waals surface area (Å²) in [5.41, 5.74) is 1.67. The number of aryl methyl sites for hydroxylation is 1. The Kier molecular flexibility index (Phi) is 6.16. The van der Waals surface area contributed by atoms with Crippen molar-refractivity contribution in [3.8, 4) is 5.75 Å². The van der Waals surface area contributed by atoms with Crippen LogP contribution in [0.2, 0.25) is 0 Å². The summed E-state index contributed by atoms with van der Waals surface area (Å²) in [5.74, 6) is 0.142. The molecule has 1 N–H and O–H groups in total. The summed E-state index contributed by atoms with van der Waals surface area (Å²) in [5, 5.41) is 8.82. The second kappa shape index (κ2) is 8.11. The lowest BCUT2D eigenvalue weighted by Crippen LogP contribution is -2.32. The number of carboxylic acids is 1. The number of methoxy groups -OCH3 is 1. The number of benzene rings is 1. The molecule has 126 valence electrons. The molecule has 1 fully saturated rings. The predicted molar refractivity (Wildman–Crippen MR) is 88.1 cm³/mol. The first-order valence-electron chi connectivity index (χ1n) is 8.15. The minimum atomic E-state index is -0.748. The molecule has 1 unspecified atom stereocenters. The van der Waals surface area contributed by atoms with Gasteiger partial charge in [0.15, 0.2) is 5.78 Å². The van der Waals surface area contributed by atoms with Crippen LogP contribution in [0.1, 0.15) is 48.0 Å². The quantitative estimate of drug-likeness (QED) is 0.746. The summed E-state index contributed by atoms with van der Waals surface area (Å²) in [6, 6.07) is 5.81. The van der Waals surface area contributed by atoms with Crippen molar-refractivity contribution in [2.45, 2.75) is 45.1 Å². The van der Waals surface area contributed by atoms with Crippen LogP contribution in [0.15, 0.2) is 18.2 Å². The van der Waals surface area contributed by atoms with Gasteiger partial charge in [0.05, 0.1) is 7.11 Å². The average Bonchev–Trinajstić information content (AvgIpc) is 2.97. The number of carbonyl (C=O) groups is 2. The average molecular weight is 319 g/mol. The molecule has 1 saturated heterocycles. The molecule has 5 nitrogen and oxygen atoms in total. The molecule has 0 amide bonds. The first kappa shape index (κ1) is 17.5. The van der Waals surface area contributed by atoms with Crippen molar-refractivity contribution in [1.29, 1.82) is 0 Å². The number of ether oxygens (including phenoxy) is 1. The van der Waals surface area contributed by atoms with Crippen LogP contribution in [0.25, 0.3) is 0 Å². The van der Waals surface area contributed by atoms with E-state index >= 15 is 0 Å². The van der Waals surface area contributed by atoms with Gasteiger partial charge in [0.25, 0.3) is 0 Å². The highest BCUT2D eigenvalue weighted by molar-refractivity contribution is 5.97. The lowest BCUT2D eigenvalue weighted by molar-refractivity contribution is -0.137. The van der Waals surface area contributed by atoms with Crippen LogP contribution >= 0.6 is 0 Å². The molecule has 0 saturated carbocycles. The molecule has 2 rings (SSSR count). The van der Waals surface area contributed by atoms with E-state index in [0.717, 1.165) is 36.3 Å². The molecule has 0 spiro atoms. The standard InChI is InChI=1S/C18H25NO4/c1-13-12-15(23-2)6-7-16(13)17(20)9-11-19-10-3-4-14(19)5-8-18(21)22/h6-7,12,14H,3-5,8-11H2,1-2H3,(H,21,22). The SMILES string of the molecule is COc1ccc(C(=O)CCN2CCCC2CCC(=O)O)c(C)c1. The number of carboxylic acid groups (broad SMARTS) is 1. The van der Waals surface area contributed by atoms with Crippen molar-refractivity contribution in [2.75, 3.05) is 20.2 Å². The minimum absolute atomic E-state index is 0.133. The maximum atomic E-state index is 12.4. The summed E-state index contributed by atoms with van der Waals surface area (Å²) >= 11 is 0. The highest BCUT2D eigenvalue weighted by Gasteiger charge is 2.25. The highest BCUT2D eigenvalue weighted by Crippen LogP contribution is 2.23. The van der Waals surface area contributed by atoms with Gasteiger partial charge in [0.1, 0.15) is 5.75 Å². The van der Waals surface area contributed by atoms with E-state index in [-0.39, 0.29) is 12.2 Å². The van der Waals surface area contributed by atoms with Gasteiger partial charge >= 0.3 is 5.97 Å². The summed E-state index contributed by atoms with van der Waals surface area (Å²) in [7, 11) is 1.61. The Hall–Kier alpha value is -1.88. The minimum Gasteiger partial charge on any atom is -0.497 e. The Morgan fingerprint density at radius 3 is 2.78 bits per heavy atom. The highest BCUT2D eigenvalue weighted by atomic mass is 16.5. The van der Waals surface area contributed by atoms with Crippen molar-refractivity contribution < 1.29 is 19.4 Å². The number of Topliss-reactive ketones (excluding diaryl/α,β-unsaturated/α-hetero) is 1. The Balaban J connectivity index is 1.89. The number of nitrogens with zero attached hydrogens (tertiary/aromatic N) is 1. The molecule has 5 heteroatoms. The molecule has 1 aromatic carbocycles. The van der Waals surface area contributed by atoms with Gasteiger partial charge in [0, 0.05) is 31.0 Å². The van der Waals surface area contributed by atoms with E-state index in [2.05, 4.69) is 4.90 Å². The predicted octanol–water partition coefficient (Wildman–Crippen LogP) is 2.91. The summed E-state index contributed by atoms with van der Waals surface area (Å²) in [6.07, 6.45) is 3.46. The van der Waals surface area contributed by atoms with Gasteiger partial charge in [-0.05, 0) is 56.5 Å². The fourth-order valence-electron chi connectivity index (χ4n) is 3.26. The number of hydrogen-bond donors (Lipinski definition) is 1. The van der Waals surface area contributed by atoms with Gasteiger partial charge in [-0.25, -0.2) is 0 Å². The molecule has 1 heterocycles. The monoisotopic (exact) mass is 319 g/mol. The van der Waals surface area contributed by atoms with E-state index in [9.17, 15) is 9.59 Å². The molecule has 0 radical (unpaired) electrons. The van der Waals surface area contributed by atoms with E-state index in [1.807, 2.05) is 25.1 Å². The van der Waals surface area contributed by atoms with Crippen molar-refractivity contribution in [2.24, 2.45) is 0 Å². The Morgan fingerprint density at radius 2 is 2.13 bits per heavy atom. The van der Waals surface area contributed by atoms with Crippen molar-refractivity contribution >= 4 is 11.8 Å². The summed E-state index contributed by atoms with van der Waals surface area (Å²) < 4.78 is 5.16. The van der Waals surface area contributed by atoms with Crippen molar-refractivity contribution in [3.05, 3.63) is 29.3 Å².